The van der Waals surface area contributed by atoms with Gasteiger partial charge in [-0.1, -0.05) is 49.1 Å². The third-order valence-corrected chi connectivity index (χ3v) is 3.82. The fourth-order valence-electron chi connectivity index (χ4n) is 2.22. The van der Waals surface area contributed by atoms with Crippen molar-refractivity contribution in [2.45, 2.75) is 45.6 Å². The van der Waals surface area contributed by atoms with Crippen molar-refractivity contribution in [1.82, 2.24) is 0 Å². The molecular formula is C16H22O2. The van der Waals surface area contributed by atoms with E-state index in [0.29, 0.717) is 6.61 Å². The third kappa shape index (κ3) is 3.42. The molecule has 1 unspecified atom stereocenters. The molecule has 1 atom stereocenters. The fraction of sp³-hybridized carbons (Fsp3) is 0.562. The standard InChI is InChI=1S/C16H22O2/c1-12-6-8-15(9-7-12)16(17)13(2)18-11-10-14-4-3-5-14/h6-9,13-14H,3-5,10-11H2,1-2H3. The summed E-state index contributed by atoms with van der Waals surface area (Å²) in [5, 5.41) is 0. The number of hydrogen-bond acceptors (Lipinski definition) is 2. The van der Waals surface area contributed by atoms with E-state index in [9.17, 15) is 4.79 Å². The Morgan fingerprint density at radius 3 is 2.56 bits per heavy atom. The molecule has 0 aromatic heterocycles. The maximum absolute atomic E-state index is 12.1. The van der Waals surface area contributed by atoms with Gasteiger partial charge < -0.3 is 4.74 Å². The van der Waals surface area contributed by atoms with Crippen LogP contribution in [0, 0.1) is 12.8 Å². The van der Waals surface area contributed by atoms with Crippen molar-refractivity contribution in [2.75, 3.05) is 6.61 Å². The summed E-state index contributed by atoms with van der Waals surface area (Å²) in [5.41, 5.74) is 1.92. The Balaban J connectivity index is 1.78. The molecule has 0 heterocycles. The molecule has 1 aliphatic carbocycles. The molecule has 2 nitrogen and oxygen atoms in total. The van der Waals surface area contributed by atoms with Crippen LogP contribution in [0.3, 0.4) is 0 Å². The third-order valence-electron chi connectivity index (χ3n) is 3.82. The number of carbonyl (C=O) groups excluding carboxylic acids is 1. The molecule has 0 spiro atoms. The Morgan fingerprint density at radius 1 is 1.33 bits per heavy atom. The van der Waals surface area contributed by atoms with Crippen molar-refractivity contribution in [3.63, 3.8) is 0 Å². The van der Waals surface area contributed by atoms with Gasteiger partial charge in [-0.05, 0) is 26.2 Å². The lowest BCUT2D eigenvalue weighted by atomic mass is 9.83. The Morgan fingerprint density at radius 2 is 2.00 bits per heavy atom. The van der Waals surface area contributed by atoms with E-state index in [0.717, 1.165) is 17.9 Å². The molecule has 2 heteroatoms. The average Bonchev–Trinajstić information content (AvgIpc) is 2.32. The molecule has 18 heavy (non-hydrogen) atoms. The van der Waals surface area contributed by atoms with Crippen molar-refractivity contribution >= 4 is 5.78 Å². The van der Waals surface area contributed by atoms with Gasteiger partial charge in [0.05, 0.1) is 0 Å². The molecule has 1 fully saturated rings. The zero-order valence-corrected chi connectivity index (χ0v) is 11.3. The largest absolute Gasteiger partial charge is 0.370 e. The van der Waals surface area contributed by atoms with Crippen molar-refractivity contribution < 1.29 is 9.53 Å². The molecule has 2 rings (SSSR count). The molecule has 1 aromatic rings. The summed E-state index contributed by atoms with van der Waals surface area (Å²) in [5.74, 6) is 0.926. The van der Waals surface area contributed by atoms with Crippen LogP contribution in [-0.2, 0) is 4.74 Å². The minimum Gasteiger partial charge on any atom is -0.370 e. The van der Waals surface area contributed by atoms with E-state index in [4.69, 9.17) is 4.74 Å². The van der Waals surface area contributed by atoms with E-state index in [1.165, 1.54) is 24.8 Å². The average molecular weight is 246 g/mol. The van der Waals surface area contributed by atoms with Crippen LogP contribution in [0.5, 0.6) is 0 Å². The monoisotopic (exact) mass is 246 g/mol. The van der Waals surface area contributed by atoms with Crippen LogP contribution in [0.1, 0.15) is 48.5 Å². The van der Waals surface area contributed by atoms with E-state index in [-0.39, 0.29) is 11.9 Å². The Labute approximate surface area is 109 Å². The van der Waals surface area contributed by atoms with E-state index >= 15 is 0 Å². The van der Waals surface area contributed by atoms with Crippen LogP contribution in [-0.4, -0.2) is 18.5 Å². The maximum atomic E-state index is 12.1. The Hall–Kier alpha value is -1.15. The number of aryl methyl sites for hydroxylation is 1. The van der Waals surface area contributed by atoms with Gasteiger partial charge in [-0.15, -0.1) is 0 Å². The number of ketones is 1. The van der Waals surface area contributed by atoms with Crippen LogP contribution in [0.15, 0.2) is 24.3 Å². The number of benzene rings is 1. The van der Waals surface area contributed by atoms with Crippen molar-refractivity contribution in [3.8, 4) is 0 Å². The minimum atomic E-state index is -0.326. The minimum absolute atomic E-state index is 0.0867. The maximum Gasteiger partial charge on any atom is 0.191 e. The van der Waals surface area contributed by atoms with Gasteiger partial charge >= 0.3 is 0 Å². The highest BCUT2D eigenvalue weighted by atomic mass is 16.5. The first-order valence-electron chi connectivity index (χ1n) is 6.89. The zero-order chi connectivity index (χ0) is 13.0. The molecule has 0 N–H and O–H groups in total. The SMILES string of the molecule is Cc1ccc(C(=O)C(C)OCCC2CCC2)cc1. The molecule has 0 aliphatic heterocycles. The normalized spacial score (nSPS) is 17.2. The smallest absolute Gasteiger partial charge is 0.191 e. The zero-order valence-electron chi connectivity index (χ0n) is 11.3. The molecule has 0 bridgehead atoms. The van der Waals surface area contributed by atoms with Gasteiger partial charge in [-0.2, -0.15) is 0 Å². The van der Waals surface area contributed by atoms with Gasteiger partial charge in [0.1, 0.15) is 6.10 Å². The molecular weight excluding hydrogens is 224 g/mol. The number of carbonyl (C=O) groups is 1. The van der Waals surface area contributed by atoms with Gasteiger partial charge in [-0.3, -0.25) is 4.79 Å². The summed E-state index contributed by atoms with van der Waals surface area (Å²) in [6.07, 6.45) is 4.81. The van der Waals surface area contributed by atoms with Gasteiger partial charge in [0, 0.05) is 12.2 Å². The van der Waals surface area contributed by atoms with Crippen LogP contribution in [0.4, 0.5) is 0 Å². The summed E-state index contributed by atoms with van der Waals surface area (Å²) >= 11 is 0. The van der Waals surface area contributed by atoms with E-state index in [1.54, 1.807) is 0 Å². The van der Waals surface area contributed by atoms with Crippen molar-refractivity contribution in [2.24, 2.45) is 5.92 Å². The molecule has 1 aromatic carbocycles. The van der Waals surface area contributed by atoms with Crippen LogP contribution < -0.4 is 0 Å². The molecule has 1 saturated carbocycles. The fourth-order valence-corrected chi connectivity index (χ4v) is 2.22. The number of rotatable bonds is 6. The topological polar surface area (TPSA) is 26.3 Å². The second-order valence-electron chi connectivity index (χ2n) is 5.33. The number of Topliss-reactive ketones (excluding diaryl/α,β-unsaturated/α-hetero) is 1. The predicted octanol–water partition coefficient (Wildman–Crippen LogP) is 3.77. The number of hydrogen-bond donors (Lipinski definition) is 0. The van der Waals surface area contributed by atoms with E-state index < -0.39 is 0 Å². The van der Waals surface area contributed by atoms with Gasteiger partial charge in [0.25, 0.3) is 0 Å². The lowest BCUT2D eigenvalue weighted by Crippen LogP contribution is -2.23. The molecule has 1 aliphatic rings. The quantitative estimate of drug-likeness (QED) is 0.714. The first-order chi connectivity index (χ1) is 8.66. The van der Waals surface area contributed by atoms with Crippen molar-refractivity contribution in [3.05, 3.63) is 35.4 Å². The summed E-state index contributed by atoms with van der Waals surface area (Å²) in [6.45, 7) is 4.58. The van der Waals surface area contributed by atoms with Gasteiger partial charge in [0.2, 0.25) is 0 Å². The second-order valence-corrected chi connectivity index (χ2v) is 5.33. The van der Waals surface area contributed by atoms with Gasteiger partial charge in [-0.25, -0.2) is 0 Å². The molecule has 98 valence electrons. The lowest BCUT2D eigenvalue weighted by Gasteiger charge is -2.25. The highest BCUT2D eigenvalue weighted by Gasteiger charge is 2.19. The second kappa shape index (κ2) is 6.14. The Kier molecular flexibility index (Phi) is 4.54. The lowest BCUT2D eigenvalue weighted by molar-refractivity contribution is 0.0395. The summed E-state index contributed by atoms with van der Waals surface area (Å²) in [4.78, 5) is 12.1. The van der Waals surface area contributed by atoms with Crippen LogP contribution in [0.25, 0.3) is 0 Å². The van der Waals surface area contributed by atoms with Crippen molar-refractivity contribution in [1.29, 1.82) is 0 Å². The predicted molar refractivity (Wildman–Crippen MR) is 72.9 cm³/mol. The summed E-state index contributed by atoms with van der Waals surface area (Å²) in [6, 6.07) is 7.69. The first kappa shape index (κ1) is 13.3. The molecule has 0 amide bonds. The van der Waals surface area contributed by atoms with Crippen LogP contribution >= 0.6 is 0 Å². The van der Waals surface area contributed by atoms with Crippen LogP contribution in [0.2, 0.25) is 0 Å². The highest BCUT2D eigenvalue weighted by Crippen LogP contribution is 2.29. The van der Waals surface area contributed by atoms with Gasteiger partial charge in [0.15, 0.2) is 5.78 Å². The molecule has 0 radical (unpaired) electrons. The Bertz CT molecular complexity index is 390. The van der Waals surface area contributed by atoms with E-state index in [2.05, 4.69) is 0 Å². The number of ether oxygens (including phenoxy) is 1. The highest BCUT2D eigenvalue weighted by molar-refractivity contribution is 5.99. The molecule has 0 saturated heterocycles. The first-order valence-corrected chi connectivity index (χ1v) is 6.89. The summed E-state index contributed by atoms with van der Waals surface area (Å²) < 4.78 is 5.65. The van der Waals surface area contributed by atoms with E-state index in [1.807, 2.05) is 38.1 Å². The summed E-state index contributed by atoms with van der Waals surface area (Å²) in [7, 11) is 0.